The van der Waals surface area contributed by atoms with E-state index in [9.17, 15) is 14.4 Å². The van der Waals surface area contributed by atoms with Crippen molar-refractivity contribution >= 4 is 63.5 Å². The molecule has 4 aromatic carbocycles. The van der Waals surface area contributed by atoms with Gasteiger partial charge in [-0.1, -0.05) is 41.4 Å². The van der Waals surface area contributed by atoms with Gasteiger partial charge in [-0.2, -0.15) is 5.26 Å². The number of benzene rings is 4. The van der Waals surface area contributed by atoms with E-state index in [1.807, 2.05) is 6.07 Å². The highest BCUT2D eigenvalue weighted by Gasteiger charge is 2.15. The molecule has 0 aliphatic rings. The monoisotopic (exact) mass is 702 g/mol. The Morgan fingerprint density at radius 3 is 2.39 bits per heavy atom. The highest BCUT2D eigenvalue weighted by Crippen LogP contribution is 2.35. The Balaban J connectivity index is 1.41. The number of nitriles is 1. The van der Waals surface area contributed by atoms with Crippen molar-refractivity contribution in [1.29, 1.82) is 5.26 Å². The van der Waals surface area contributed by atoms with Crippen molar-refractivity contribution < 1.29 is 23.4 Å². The fourth-order valence-electron chi connectivity index (χ4n) is 3.65. The molecule has 0 saturated carbocycles. The van der Waals surface area contributed by atoms with Gasteiger partial charge in [-0.05, 0) is 100 Å². The number of hydrogen-bond donors (Lipinski definition) is 1. The van der Waals surface area contributed by atoms with Crippen LogP contribution in [0.15, 0.2) is 84.4 Å². The van der Waals surface area contributed by atoms with Crippen molar-refractivity contribution in [1.82, 2.24) is 0 Å². The molecular formula is C31H22Cl2FIN2O4. The molecular weight excluding hydrogens is 681 g/mol. The summed E-state index contributed by atoms with van der Waals surface area (Å²) in [5.41, 5.74) is 2.56. The third-order valence-electron chi connectivity index (χ3n) is 5.75. The maximum atomic E-state index is 13.2. The van der Waals surface area contributed by atoms with E-state index in [1.54, 1.807) is 66.7 Å². The Hall–Kier alpha value is -3.78. The first-order chi connectivity index (χ1) is 19.7. The number of amides is 1. The zero-order chi connectivity index (χ0) is 29.4. The molecule has 0 spiro atoms. The van der Waals surface area contributed by atoms with Crippen molar-refractivity contribution in [2.45, 2.75) is 13.2 Å². The average molecular weight is 703 g/mol. The van der Waals surface area contributed by atoms with E-state index >= 15 is 0 Å². The summed E-state index contributed by atoms with van der Waals surface area (Å²) in [5, 5.41) is 13.5. The highest BCUT2D eigenvalue weighted by molar-refractivity contribution is 14.1. The summed E-state index contributed by atoms with van der Waals surface area (Å²) < 4.78 is 31.1. The zero-order valence-electron chi connectivity index (χ0n) is 21.6. The minimum atomic E-state index is -0.570. The lowest BCUT2D eigenvalue weighted by molar-refractivity contribution is -0.112. The average Bonchev–Trinajstić information content (AvgIpc) is 2.96. The van der Waals surface area contributed by atoms with Crippen LogP contribution in [0.25, 0.3) is 6.08 Å². The molecule has 208 valence electrons. The predicted octanol–water partition coefficient (Wildman–Crippen LogP) is 8.45. The molecule has 0 aliphatic carbocycles. The molecule has 4 aromatic rings. The Bertz CT molecular complexity index is 1620. The van der Waals surface area contributed by atoms with Gasteiger partial charge < -0.3 is 19.5 Å². The molecule has 1 amide bonds. The first kappa shape index (κ1) is 30.2. The van der Waals surface area contributed by atoms with Gasteiger partial charge in [-0.15, -0.1) is 0 Å². The lowest BCUT2D eigenvalue weighted by Crippen LogP contribution is -2.13. The normalized spacial score (nSPS) is 11.0. The van der Waals surface area contributed by atoms with Gasteiger partial charge in [0.2, 0.25) is 0 Å². The first-order valence-corrected chi connectivity index (χ1v) is 13.9. The number of hydrogen-bond acceptors (Lipinski definition) is 5. The molecule has 0 unspecified atom stereocenters. The van der Waals surface area contributed by atoms with Crippen LogP contribution in [0.2, 0.25) is 10.0 Å². The van der Waals surface area contributed by atoms with Crippen LogP contribution in [0.5, 0.6) is 17.2 Å². The number of nitrogens with one attached hydrogen (secondary N) is 1. The molecule has 0 fully saturated rings. The van der Waals surface area contributed by atoms with Crippen LogP contribution in [-0.4, -0.2) is 13.0 Å². The first-order valence-electron chi connectivity index (χ1n) is 12.1. The van der Waals surface area contributed by atoms with E-state index in [0.29, 0.717) is 42.1 Å². The number of carbonyl (C=O) groups is 1. The van der Waals surface area contributed by atoms with E-state index in [0.717, 1.165) is 11.1 Å². The van der Waals surface area contributed by atoms with Crippen LogP contribution in [0.3, 0.4) is 0 Å². The largest absolute Gasteiger partial charge is 0.493 e. The third-order valence-corrected chi connectivity index (χ3v) is 7.13. The van der Waals surface area contributed by atoms with Crippen LogP contribution >= 0.6 is 45.8 Å². The number of anilines is 1. The van der Waals surface area contributed by atoms with Crippen LogP contribution in [0.1, 0.15) is 16.7 Å². The summed E-state index contributed by atoms with van der Waals surface area (Å²) in [7, 11) is 1.50. The van der Waals surface area contributed by atoms with Crippen molar-refractivity contribution in [3.8, 4) is 23.3 Å². The lowest BCUT2D eigenvalue weighted by atomic mass is 10.1. The van der Waals surface area contributed by atoms with Crippen molar-refractivity contribution in [2.24, 2.45) is 0 Å². The van der Waals surface area contributed by atoms with E-state index in [2.05, 4.69) is 27.9 Å². The van der Waals surface area contributed by atoms with Crippen molar-refractivity contribution in [3.63, 3.8) is 0 Å². The molecule has 10 heteroatoms. The maximum Gasteiger partial charge on any atom is 0.266 e. The summed E-state index contributed by atoms with van der Waals surface area (Å²) in [6.45, 7) is 0.466. The van der Waals surface area contributed by atoms with Gasteiger partial charge in [0.1, 0.15) is 36.4 Å². The van der Waals surface area contributed by atoms with Crippen LogP contribution in [-0.2, 0) is 18.0 Å². The minimum Gasteiger partial charge on any atom is -0.493 e. The number of nitrogens with zero attached hydrogens (tertiary/aromatic N) is 1. The molecule has 0 saturated heterocycles. The molecule has 0 aromatic heterocycles. The molecule has 0 radical (unpaired) electrons. The molecule has 0 atom stereocenters. The second-order valence-corrected chi connectivity index (χ2v) is 10.6. The molecule has 1 N–H and O–H groups in total. The molecule has 41 heavy (non-hydrogen) atoms. The number of rotatable bonds is 10. The van der Waals surface area contributed by atoms with E-state index < -0.39 is 5.91 Å². The Kier molecular flexibility index (Phi) is 10.5. The summed E-state index contributed by atoms with van der Waals surface area (Å²) in [5.74, 6) is 0.612. The second kappa shape index (κ2) is 14.2. The van der Waals surface area contributed by atoms with Crippen LogP contribution < -0.4 is 19.5 Å². The number of carbonyl (C=O) groups excluding carboxylic acids is 1. The van der Waals surface area contributed by atoms with Gasteiger partial charge in [-0.3, -0.25) is 4.79 Å². The van der Waals surface area contributed by atoms with Gasteiger partial charge in [0.25, 0.3) is 5.91 Å². The standard InChI is InChI=1S/C31H22Cl2FIN2O4/c1-39-29-14-20(13-28(35)30(29)41-17-19-2-6-24(34)7-3-19)12-22(16-36)31(38)37-25-8-10-26(11-9-25)40-18-21-4-5-23(32)15-27(21)33/h2-15H,17-18H2,1H3,(H,37,38)/b22-12+. The maximum absolute atomic E-state index is 13.2. The predicted molar refractivity (Wildman–Crippen MR) is 166 cm³/mol. The molecule has 0 bridgehead atoms. The highest BCUT2D eigenvalue weighted by atomic mass is 127. The second-order valence-electron chi connectivity index (χ2n) is 8.62. The Morgan fingerprint density at radius 1 is 1.00 bits per heavy atom. The summed E-state index contributed by atoms with van der Waals surface area (Å²) in [6, 6.07) is 23.3. The number of ether oxygens (including phenoxy) is 3. The SMILES string of the molecule is COc1cc(/C=C(\C#N)C(=O)Nc2ccc(OCc3ccc(Cl)cc3Cl)cc2)cc(I)c1OCc1ccc(F)cc1. The van der Waals surface area contributed by atoms with E-state index in [-0.39, 0.29) is 24.6 Å². The number of halogens is 4. The van der Waals surface area contributed by atoms with Gasteiger partial charge in [-0.25, -0.2) is 4.39 Å². The quantitative estimate of drug-likeness (QED) is 0.102. The minimum absolute atomic E-state index is 0.0967. The van der Waals surface area contributed by atoms with Crippen LogP contribution in [0, 0.1) is 20.7 Å². The number of methoxy groups -OCH3 is 1. The fourth-order valence-corrected chi connectivity index (χ4v) is 4.89. The molecule has 4 rings (SSSR count). The third kappa shape index (κ3) is 8.36. The Morgan fingerprint density at radius 2 is 1.73 bits per heavy atom. The smallest absolute Gasteiger partial charge is 0.266 e. The van der Waals surface area contributed by atoms with Gasteiger partial charge >= 0.3 is 0 Å². The van der Waals surface area contributed by atoms with Crippen molar-refractivity contribution in [3.05, 3.63) is 121 Å². The van der Waals surface area contributed by atoms with Gasteiger partial charge in [0.05, 0.1) is 10.7 Å². The molecule has 0 heterocycles. The summed E-state index contributed by atoms with van der Waals surface area (Å²) >= 11 is 14.2. The van der Waals surface area contributed by atoms with Gasteiger partial charge in [0, 0.05) is 21.3 Å². The summed E-state index contributed by atoms with van der Waals surface area (Å²) in [6.07, 6.45) is 1.47. The lowest BCUT2D eigenvalue weighted by Gasteiger charge is -2.14. The fraction of sp³-hybridized carbons (Fsp3) is 0.0968. The molecule has 6 nitrogen and oxygen atoms in total. The van der Waals surface area contributed by atoms with E-state index in [4.69, 9.17) is 37.4 Å². The van der Waals surface area contributed by atoms with Crippen LogP contribution in [0.4, 0.5) is 10.1 Å². The van der Waals surface area contributed by atoms with Gasteiger partial charge in [0.15, 0.2) is 11.5 Å². The Labute approximate surface area is 260 Å². The molecule has 0 aliphatic heterocycles. The van der Waals surface area contributed by atoms with E-state index in [1.165, 1.54) is 25.3 Å². The topological polar surface area (TPSA) is 80.6 Å². The van der Waals surface area contributed by atoms with Crippen molar-refractivity contribution in [2.75, 3.05) is 12.4 Å². The zero-order valence-corrected chi connectivity index (χ0v) is 25.3. The summed E-state index contributed by atoms with van der Waals surface area (Å²) in [4.78, 5) is 12.9.